The Kier molecular flexibility index (Phi) is 6.75. The zero-order valence-corrected chi connectivity index (χ0v) is 13.8. The first-order valence-corrected chi connectivity index (χ1v) is 7.54. The SMILES string of the molecule is CN(Cc1ccc(Cl)s1)C(=O)C1(CN)CCOCC1.Cl. The van der Waals surface area contributed by atoms with Gasteiger partial charge in [-0.05, 0) is 25.0 Å². The first-order valence-electron chi connectivity index (χ1n) is 6.35. The summed E-state index contributed by atoms with van der Waals surface area (Å²) in [4.78, 5) is 15.5. The molecular weight excluding hydrogens is 319 g/mol. The van der Waals surface area contributed by atoms with Gasteiger partial charge in [0.05, 0.1) is 16.3 Å². The number of rotatable bonds is 4. The lowest BCUT2D eigenvalue weighted by atomic mass is 9.79. The van der Waals surface area contributed by atoms with Crippen LogP contribution in [-0.4, -0.2) is 37.6 Å². The Morgan fingerprint density at radius 1 is 1.50 bits per heavy atom. The van der Waals surface area contributed by atoms with Crippen molar-refractivity contribution in [2.24, 2.45) is 11.1 Å². The van der Waals surface area contributed by atoms with E-state index in [9.17, 15) is 4.79 Å². The normalized spacial score (nSPS) is 17.4. The number of amides is 1. The number of thiophene rings is 1. The summed E-state index contributed by atoms with van der Waals surface area (Å²) in [7, 11) is 1.82. The summed E-state index contributed by atoms with van der Waals surface area (Å²) in [6.07, 6.45) is 1.41. The Balaban J connectivity index is 0.00000200. The minimum Gasteiger partial charge on any atom is -0.381 e. The molecule has 2 N–H and O–H groups in total. The van der Waals surface area contributed by atoms with Crippen molar-refractivity contribution in [2.75, 3.05) is 26.8 Å². The molecule has 0 radical (unpaired) electrons. The van der Waals surface area contributed by atoms with Crippen molar-refractivity contribution in [1.82, 2.24) is 4.90 Å². The highest BCUT2D eigenvalue weighted by molar-refractivity contribution is 7.16. The van der Waals surface area contributed by atoms with Crippen LogP contribution in [0.5, 0.6) is 0 Å². The lowest BCUT2D eigenvalue weighted by Crippen LogP contribution is -2.49. The molecule has 1 aromatic rings. The quantitative estimate of drug-likeness (QED) is 0.917. The number of nitrogens with two attached hydrogens (primary N) is 1. The van der Waals surface area contributed by atoms with E-state index in [1.54, 1.807) is 4.90 Å². The minimum absolute atomic E-state index is 0. The van der Waals surface area contributed by atoms with Crippen molar-refractivity contribution in [2.45, 2.75) is 19.4 Å². The summed E-state index contributed by atoms with van der Waals surface area (Å²) >= 11 is 7.41. The summed E-state index contributed by atoms with van der Waals surface area (Å²) < 4.78 is 6.08. The first kappa shape index (κ1) is 17.7. The van der Waals surface area contributed by atoms with Crippen LogP contribution in [-0.2, 0) is 16.1 Å². The second-order valence-electron chi connectivity index (χ2n) is 4.96. The molecule has 1 fully saturated rings. The maximum atomic E-state index is 12.6. The topological polar surface area (TPSA) is 55.6 Å². The van der Waals surface area contributed by atoms with Gasteiger partial charge in [-0.1, -0.05) is 11.6 Å². The Hall–Kier alpha value is -0.330. The Morgan fingerprint density at radius 3 is 2.65 bits per heavy atom. The molecule has 0 aliphatic carbocycles. The second-order valence-corrected chi connectivity index (χ2v) is 6.76. The van der Waals surface area contributed by atoms with E-state index in [0.29, 0.717) is 39.1 Å². The highest BCUT2D eigenvalue weighted by atomic mass is 35.5. The van der Waals surface area contributed by atoms with E-state index < -0.39 is 5.41 Å². The molecule has 0 bridgehead atoms. The van der Waals surface area contributed by atoms with Crippen molar-refractivity contribution in [3.05, 3.63) is 21.3 Å². The van der Waals surface area contributed by atoms with Crippen LogP contribution in [0.2, 0.25) is 4.34 Å². The monoisotopic (exact) mass is 338 g/mol. The van der Waals surface area contributed by atoms with Gasteiger partial charge in [-0.25, -0.2) is 0 Å². The smallest absolute Gasteiger partial charge is 0.230 e. The van der Waals surface area contributed by atoms with Crippen LogP contribution in [0, 0.1) is 5.41 Å². The molecule has 1 aliphatic rings. The number of ether oxygens (including phenoxy) is 1. The van der Waals surface area contributed by atoms with Crippen LogP contribution in [0.25, 0.3) is 0 Å². The van der Waals surface area contributed by atoms with Crippen LogP contribution < -0.4 is 5.73 Å². The lowest BCUT2D eigenvalue weighted by Gasteiger charge is -2.37. The van der Waals surface area contributed by atoms with Gasteiger partial charge in [0, 0.05) is 31.7 Å². The zero-order chi connectivity index (χ0) is 13.9. The van der Waals surface area contributed by atoms with Crippen molar-refractivity contribution in [1.29, 1.82) is 0 Å². The fraction of sp³-hybridized carbons (Fsp3) is 0.615. The van der Waals surface area contributed by atoms with Crippen LogP contribution in [0.4, 0.5) is 0 Å². The molecule has 20 heavy (non-hydrogen) atoms. The van der Waals surface area contributed by atoms with E-state index in [1.165, 1.54) is 11.3 Å². The second kappa shape index (κ2) is 7.61. The van der Waals surface area contributed by atoms with E-state index >= 15 is 0 Å². The van der Waals surface area contributed by atoms with Gasteiger partial charge in [-0.2, -0.15) is 0 Å². The number of nitrogens with zero attached hydrogens (tertiary/aromatic N) is 1. The molecule has 1 aliphatic heterocycles. The van der Waals surface area contributed by atoms with Gasteiger partial charge in [-0.3, -0.25) is 4.79 Å². The lowest BCUT2D eigenvalue weighted by molar-refractivity contribution is -0.146. The number of halogens is 2. The molecule has 7 heteroatoms. The van der Waals surface area contributed by atoms with Gasteiger partial charge >= 0.3 is 0 Å². The summed E-state index contributed by atoms with van der Waals surface area (Å²) in [5.41, 5.74) is 5.40. The predicted molar refractivity (Wildman–Crippen MR) is 84.6 cm³/mol. The van der Waals surface area contributed by atoms with Gasteiger partial charge < -0.3 is 15.4 Å². The van der Waals surface area contributed by atoms with Crippen LogP contribution >= 0.6 is 35.3 Å². The van der Waals surface area contributed by atoms with Gasteiger partial charge in [0.1, 0.15) is 0 Å². The molecule has 0 spiro atoms. The van der Waals surface area contributed by atoms with Gasteiger partial charge in [-0.15, -0.1) is 23.7 Å². The molecule has 0 saturated carbocycles. The van der Waals surface area contributed by atoms with Crippen molar-refractivity contribution >= 4 is 41.3 Å². The number of hydrogen-bond donors (Lipinski definition) is 1. The van der Waals surface area contributed by atoms with E-state index in [4.69, 9.17) is 22.1 Å². The molecule has 2 rings (SSSR count). The van der Waals surface area contributed by atoms with E-state index in [-0.39, 0.29) is 18.3 Å². The highest BCUT2D eigenvalue weighted by Crippen LogP contribution is 2.32. The molecular formula is C13H20Cl2N2O2S. The van der Waals surface area contributed by atoms with Crippen molar-refractivity contribution in [3.8, 4) is 0 Å². The third-order valence-corrected chi connectivity index (χ3v) is 4.88. The maximum absolute atomic E-state index is 12.6. The van der Waals surface area contributed by atoms with Gasteiger partial charge in [0.25, 0.3) is 0 Å². The molecule has 1 amide bonds. The summed E-state index contributed by atoms with van der Waals surface area (Å²) in [6.45, 7) is 2.19. The van der Waals surface area contributed by atoms with Crippen molar-refractivity contribution < 1.29 is 9.53 Å². The molecule has 4 nitrogen and oxygen atoms in total. The largest absolute Gasteiger partial charge is 0.381 e. The molecule has 0 atom stereocenters. The Labute approximate surface area is 134 Å². The van der Waals surface area contributed by atoms with E-state index in [2.05, 4.69) is 0 Å². The number of hydrogen-bond acceptors (Lipinski definition) is 4. The fourth-order valence-corrected chi connectivity index (χ4v) is 3.56. The zero-order valence-electron chi connectivity index (χ0n) is 11.4. The van der Waals surface area contributed by atoms with E-state index in [0.717, 1.165) is 9.21 Å². The average Bonchev–Trinajstić information content (AvgIpc) is 2.84. The molecule has 1 saturated heterocycles. The first-order chi connectivity index (χ1) is 9.07. The standard InChI is InChI=1S/C13H19ClN2O2S.ClH/c1-16(8-10-2-3-11(14)19-10)12(17)13(9-15)4-6-18-7-5-13;/h2-3H,4-9,15H2,1H3;1H. The summed E-state index contributed by atoms with van der Waals surface area (Å²) in [5, 5.41) is 0. The van der Waals surface area contributed by atoms with Gasteiger partial charge in [0.15, 0.2) is 0 Å². The van der Waals surface area contributed by atoms with Crippen LogP contribution in [0.3, 0.4) is 0 Å². The Morgan fingerprint density at radius 2 is 2.15 bits per heavy atom. The van der Waals surface area contributed by atoms with Crippen LogP contribution in [0.1, 0.15) is 17.7 Å². The Bertz CT molecular complexity index is 447. The molecule has 2 heterocycles. The average molecular weight is 339 g/mol. The maximum Gasteiger partial charge on any atom is 0.230 e. The van der Waals surface area contributed by atoms with Crippen LogP contribution in [0.15, 0.2) is 12.1 Å². The molecule has 0 unspecified atom stereocenters. The van der Waals surface area contributed by atoms with Crippen molar-refractivity contribution in [3.63, 3.8) is 0 Å². The minimum atomic E-state index is -0.450. The molecule has 1 aromatic heterocycles. The fourth-order valence-electron chi connectivity index (χ4n) is 2.41. The predicted octanol–water partition coefficient (Wildman–Crippen LogP) is 2.54. The third kappa shape index (κ3) is 3.86. The molecule has 114 valence electrons. The third-order valence-electron chi connectivity index (χ3n) is 3.66. The van der Waals surface area contributed by atoms with E-state index in [1.807, 2.05) is 19.2 Å². The van der Waals surface area contributed by atoms with Gasteiger partial charge in [0.2, 0.25) is 5.91 Å². The summed E-state index contributed by atoms with van der Waals surface area (Å²) in [6, 6.07) is 3.81. The molecule has 0 aromatic carbocycles. The number of carbonyl (C=O) groups is 1. The number of carbonyl (C=O) groups excluding carboxylic acids is 1. The highest BCUT2D eigenvalue weighted by Gasteiger charge is 2.40. The summed E-state index contributed by atoms with van der Waals surface area (Å²) in [5.74, 6) is 0.114.